The fraction of sp³-hybridized carbons (Fsp3) is 0.588. The number of halogens is 1. The molecule has 0 bridgehead atoms. The zero-order valence-corrected chi connectivity index (χ0v) is 15.6. The lowest BCUT2D eigenvalue weighted by atomic mass is 9.96. The van der Waals surface area contributed by atoms with Crippen molar-refractivity contribution in [1.82, 2.24) is 4.90 Å². The average Bonchev–Trinajstić information content (AvgIpc) is 2.48. The molecular weight excluding hydrogens is 330 g/mol. The zero-order valence-electron chi connectivity index (χ0n) is 14.0. The summed E-state index contributed by atoms with van der Waals surface area (Å²) in [7, 11) is 0. The Kier molecular flexibility index (Phi) is 8.40. The summed E-state index contributed by atoms with van der Waals surface area (Å²) < 4.78 is 0. The number of benzene rings is 1. The van der Waals surface area contributed by atoms with Crippen LogP contribution in [0.4, 0.5) is 5.69 Å². The van der Waals surface area contributed by atoms with Gasteiger partial charge in [-0.3, -0.25) is 9.69 Å². The summed E-state index contributed by atoms with van der Waals surface area (Å²) in [5.41, 5.74) is 7.34. The highest BCUT2D eigenvalue weighted by atomic mass is 35.5. The van der Waals surface area contributed by atoms with Crippen molar-refractivity contribution in [2.75, 3.05) is 29.9 Å². The van der Waals surface area contributed by atoms with Gasteiger partial charge < -0.3 is 11.1 Å². The van der Waals surface area contributed by atoms with E-state index in [9.17, 15) is 4.79 Å². The SMILES string of the molecule is CCCC(C)(N)C(=O)Nc1cccc(CN2CCSCC2)c1.Cl. The Morgan fingerprint density at radius 2 is 2.09 bits per heavy atom. The minimum Gasteiger partial charge on any atom is -0.324 e. The second-order valence-electron chi connectivity index (χ2n) is 6.21. The number of nitrogens with zero attached hydrogens (tertiary/aromatic N) is 1. The lowest BCUT2D eigenvalue weighted by molar-refractivity contribution is -0.120. The molecule has 2 rings (SSSR count). The number of hydrogen-bond donors (Lipinski definition) is 2. The fourth-order valence-electron chi connectivity index (χ4n) is 2.67. The number of amides is 1. The van der Waals surface area contributed by atoms with Crippen LogP contribution in [0.2, 0.25) is 0 Å². The van der Waals surface area contributed by atoms with Gasteiger partial charge in [0.05, 0.1) is 5.54 Å². The Balaban J connectivity index is 0.00000264. The highest BCUT2D eigenvalue weighted by Gasteiger charge is 2.27. The normalized spacial score (nSPS) is 17.9. The molecular formula is C17H28ClN3OS. The number of hydrogen-bond acceptors (Lipinski definition) is 4. The molecule has 1 aromatic carbocycles. The van der Waals surface area contributed by atoms with Crippen molar-refractivity contribution in [2.24, 2.45) is 5.73 Å². The van der Waals surface area contributed by atoms with Gasteiger partial charge in [0.25, 0.3) is 0 Å². The molecule has 130 valence electrons. The van der Waals surface area contributed by atoms with Crippen molar-refractivity contribution in [2.45, 2.75) is 38.8 Å². The van der Waals surface area contributed by atoms with E-state index >= 15 is 0 Å². The van der Waals surface area contributed by atoms with Crippen LogP contribution in [-0.4, -0.2) is 40.9 Å². The molecule has 1 aliphatic rings. The zero-order chi connectivity index (χ0) is 16.0. The number of nitrogens with two attached hydrogens (primary N) is 1. The summed E-state index contributed by atoms with van der Waals surface area (Å²) in [4.78, 5) is 14.7. The molecule has 23 heavy (non-hydrogen) atoms. The number of anilines is 1. The molecule has 0 radical (unpaired) electrons. The topological polar surface area (TPSA) is 58.4 Å². The van der Waals surface area contributed by atoms with E-state index in [4.69, 9.17) is 5.73 Å². The van der Waals surface area contributed by atoms with Gasteiger partial charge in [-0.05, 0) is 31.0 Å². The summed E-state index contributed by atoms with van der Waals surface area (Å²) in [6, 6.07) is 8.10. The Labute approximate surface area is 150 Å². The van der Waals surface area contributed by atoms with E-state index in [0.29, 0.717) is 6.42 Å². The van der Waals surface area contributed by atoms with Gasteiger partial charge in [0, 0.05) is 36.8 Å². The predicted molar refractivity (Wildman–Crippen MR) is 102 cm³/mol. The lowest BCUT2D eigenvalue weighted by Gasteiger charge is -2.26. The second kappa shape index (κ2) is 9.52. The molecule has 1 aromatic rings. The predicted octanol–water partition coefficient (Wildman–Crippen LogP) is 3.11. The molecule has 3 N–H and O–H groups in total. The molecule has 1 atom stereocenters. The van der Waals surface area contributed by atoms with Crippen LogP contribution in [0.15, 0.2) is 24.3 Å². The van der Waals surface area contributed by atoms with Crippen LogP contribution in [0.1, 0.15) is 32.3 Å². The smallest absolute Gasteiger partial charge is 0.244 e. The highest BCUT2D eigenvalue weighted by Crippen LogP contribution is 2.18. The van der Waals surface area contributed by atoms with Gasteiger partial charge >= 0.3 is 0 Å². The van der Waals surface area contributed by atoms with Crippen molar-refractivity contribution in [3.8, 4) is 0 Å². The standard InChI is InChI=1S/C17H27N3OS.ClH/c1-3-7-17(2,18)16(21)19-15-6-4-5-14(12-15)13-20-8-10-22-11-9-20;/h4-6,12H,3,7-11,13,18H2,1-2H3,(H,19,21);1H. The van der Waals surface area contributed by atoms with Gasteiger partial charge in [0.1, 0.15) is 0 Å². The van der Waals surface area contributed by atoms with Crippen LogP contribution in [0, 0.1) is 0 Å². The number of carbonyl (C=O) groups is 1. The van der Waals surface area contributed by atoms with Gasteiger partial charge in [0.15, 0.2) is 0 Å². The van der Waals surface area contributed by atoms with Gasteiger partial charge in [-0.25, -0.2) is 0 Å². The maximum Gasteiger partial charge on any atom is 0.244 e. The van der Waals surface area contributed by atoms with E-state index < -0.39 is 5.54 Å². The molecule has 1 saturated heterocycles. The van der Waals surface area contributed by atoms with Crippen molar-refractivity contribution >= 4 is 35.8 Å². The molecule has 0 spiro atoms. The van der Waals surface area contributed by atoms with E-state index in [-0.39, 0.29) is 18.3 Å². The third kappa shape index (κ3) is 6.34. The van der Waals surface area contributed by atoms with Crippen LogP contribution in [0.3, 0.4) is 0 Å². The quantitative estimate of drug-likeness (QED) is 0.821. The van der Waals surface area contributed by atoms with E-state index in [1.165, 1.54) is 17.1 Å². The molecule has 1 fully saturated rings. The van der Waals surface area contributed by atoms with Crippen LogP contribution in [0.5, 0.6) is 0 Å². The number of nitrogens with one attached hydrogen (secondary N) is 1. The van der Waals surface area contributed by atoms with Crippen LogP contribution >= 0.6 is 24.2 Å². The first-order valence-corrected chi connectivity index (χ1v) is 9.16. The summed E-state index contributed by atoms with van der Waals surface area (Å²) in [5, 5.41) is 2.96. The molecule has 1 heterocycles. The summed E-state index contributed by atoms with van der Waals surface area (Å²) in [5.74, 6) is 2.30. The van der Waals surface area contributed by atoms with Gasteiger partial charge in [-0.1, -0.05) is 25.5 Å². The average molecular weight is 358 g/mol. The van der Waals surface area contributed by atoms with E-state index in [1.807, 2.05) is 30.8 Å². The molecule has 0 saturated carbocycles. The number of thioether (sulfide) groups is 1. The minimum absolute atomic E-state index is 0. The first-order valence-electron chi connectivity index (χ1n) is 8.00. The van der Waals surface area contributed by atoms with Gasteiger partial charge in [-0.15, -0.1) is 12.4 Å². The van der Waals surface area contributed by atoms with Crippen molar-refractivity contribution in [3.63, 3.8) is 0 Å². The number of carbonyl (C=O) groups excluding carboxylic acids is 1. The first-order chi connectivity index (χ1) is 10.5. The number of rotatable bonds is 6. The second-order valence-corrected chi connectivity index (χ2v) is 7.44. The monoisotopic (exact) mass is 357 g/mol. The van der Waals surface area contributed by atoms with E-state index in [0.717, 1.165) is 31.7 Å². The molecule has 1 amide bonds. The van der Waals surface area contributed by atoms with Crippen molar-refractivity contribution in [3.05, 3.63) is 29.8 Å². The van der Waals surface area contributed by atoms with Crippen molar-refractivity contribution in [1.29, 1.82) is 0 Å². The minimum atomic E-state index is -0.811. The van der Waals surface area contributed by atoms with Crippen LogP contribution < -0.4 is 11.1 Å². The van der Waals surface area contributed by atoms with Crippen LogP contribution in [0.25, 0.3) is 0 Å². The Morgan fingerprint density at radius 1 is 1.39 bits per heavy atom. The fourth-order valence-corrected chi connectivity index (χ4v) is 3.65. The summed E-state index contributed by atoms with van der Waals surface area (Å²) >= 11 is 2.02. The highest BCUT2D eigenvalue weighted by molar-refractivity contribution is 7.99. The summed E-state index contributed by atoms with van der Waals surface area (Å²) in [6.07, 6.45) is 1.58. The molecule has 0 aliphatic carbocycles. The first kappa shape index (κ1) is 20.3. The third-order valence-corrected chi connectivity index (χ3v) is 4.93. The van der Waals surface area contributed by atoms with E-state index in [1.54, 1.807) is 6.92 Å². The Bertz CT molecular complexity index is 504. The maximum atomic E-state index is 12.3. The lowest BCUT2D eigenvalue weighted by Crippen LogP contribution is -2.48. The third-order valence-electron chi connectivity index (χ3n) is 3.98. The molecule has 0 aromatic heterocycles. The van der Waals surface area contributed by atoms with Crippen LogP contribution in [-0.2, 0) is 11.3 Å². The largest absolute Gasteiger partial charge is 0.324 e. The van der Waals surface area contributed by atoms with Gasteiger partial charge in [0.2, 0.25) is 5.91 Å². The summed E-state index contributed by atoms with van der Waals surface area (Å²) in [6.45, 7) is 7.05. The maximum absolute atomic E-state index is 12.3. The Hall–Kier alpha value is -0.750. The van der Waals surface area contributed by atoms with Crippen molar-refractivity contribution < 1.29 is 4.79 Å². The molecule has 1 aliphatic heterocycles. The van der Waals surface area contributed by atoms with E-state index in [2.05, 4.69) is 22.3 Å². The Morgan fingerprint density at radius 3 is 2.74 bits per heavy atom. The molecule has 1 unspecified atom stereocenters. The molecule has 6 heteroatoms. The molecule has 4 nitrogen and oxygen atoms in total. The van der Waals surface area contributed by atoms with Gasteiger partial charge in [-0.2, -0.15) is 11.8 Å².